The second-order valence-corrected chi connectivity index (χ2v) is 7.53. The smallest absolute Gasteiger partial charge is 0.0184 e. The van der Waals surface area contributed by atoms with Gasteiger partial charge in [-0.2, -0.15) is 23.5 Å². The fourth-order valence-electron chi connectivity index (χ4n) is 1.17. The third kappa shape index (κ3) is 6.91. The molecular formula is C13H20S2. The van der Waals surface area contributed by atoms with Crippen LogP contribution in [0, 0.1) is 0 Å². The van der Waals surface area contributed by atoms with Gasteiger partial charge >= 0.3 is 0 Å². The van der Waals surface area contributed by atoms with Gasteiger partial charge in [0.25, 0.3) is 0 Å². The van der Waals surface area contributed by atoms with Crippen molar-refractivity contribution in [3.05, 3.63) is 35.9 Å². The van der Waals surface area contributed by atoms with Gasteiger partial charge in [0.05, 0.1) is 0 Å². The van der Waals surface area contributed by atoms with E-state index in [1.54, 1.807) is 0 Å². The van der Waals surface area contributed by atoms with Crippen molar-refractivity contribution in [2.24, 2.45) is 0 Å². The molecule has 1 rings (SSSR count). The van der Waals surface area contributed by atoms with Gasteiger partial charge < -0.3 is 0 Å². The van der Waals surface area contributed by atoms with Gasteiger partial charge in [0.2, 0.25) is 0 Å². The SMILES string of the molecule is CC(C)(C)SCCSCc1ccccc1. The highest BCUT2D eigenvalue weighted by atomic mass is 32.2. The zero-order valence-corrected chi connectivity index (χ0v) is 11.5. The molecule has 0 fully saturated rings. The number of thioether (sulfide) groups is 2. The highest BCUT2D eigenvalue weighted by Gasteiger charge is 2.09. The van der Waals surface area contributed by atoms with Gasteiger partial charge in [-0.05, 0) is 5.56 Å². The first-order valence-corrected chi connectivity index (χ1v) is 7.47. The summed E-state index contributed by atoms with van der Waals surface area (Å²) in [5.74, 6) is 3.64. The van der Waals surface area contributed by atoms with E-state index in [2.05, 4.69) is 51.1 Å². The lowest BCUT2D eigenvalue weighted by Gasteiger charge is -2.16. The van der Waals surface area contributed by atoms with Crippen LogP contribution in [0.1, 0.15) is 26.3 Å². The predicted octanol–water partition coefficient (Wildman–Crippen LogP) is 4.45. The third-order valence-corrected chi connectivity index (χ3v) is 4.44. The van der Waals surface area contributed by atoms with Gasteiger partial charge in [0, 0.05) is 22.0 Å². The van der Waals surface area contributed by atoms with E-state index >= 15 is 0 Å². The van der Waals surface area contributed by atoms with Gasteiger partial charge in [0.15, 0.2) is 0 Å². The van der Waals surface area contributed by atoms with Crippen LogP contribution in [-0.4, -0.2) is 16.3 Å². The van der Waals surface area contributed by atoms with Gasteiger partial charge in [-0.15, -0.1) is 0 Å². The minimum Gasteiger partial charge on any atom is -0.156 e. The van der Waals surface area contributed by atoms with Crippen LogP contribution in [-0.2, 0) is 5.75 Å². The molecule has 15 heavy (non-hydrogen) atoms. The van der Waals surface area contributed by atoms with Crippen molar-refractivity contribution >= 4 is 23.5 Å². The lowest BCUT2D eigenvalue weighted by atomic mass is 10.2. The van der Waals surface area contributed by atoms with E-state index in [4.69, 9.17) is 0 Å². The van der Waals surface area contributed by atoms with Crippen LogP contribution in [0.3, 0.4) is 0 Å². The zero-order chi connectivity index (χ0) is 11.1. The zero-order valence-electron chi connectivity index (χ0n) is 9.82. The number of benzene rings is 1. The highest BCUT2D eigenvalue weighted by Crippen LogP contribution is 2.24. The van der Waals surface area contributed by atoms with Gasteiger partial charge in [-0.1, -0.05) is 51.1 Å². The minimum atomic E-state index is 0.410. The van der Waals surface area contributed by atoms with Crippen LogP contribution in [0.25, 0.3) is 0 Å². The van der Waals surface area contributed by atoms with Crippen molar-refractivity contribution < 1.29 is 0 Å². The van der Waals surface area contributed by atoms with Crippen LogP contribution < -0.4 is 0 Å². The lowest BCUT2D eigenvalue weighted by molar-refractivity contribution is 0.804. The first-order valence-electron chi connectivity index (χ1n) is 5.33. The Morgan fingerprint density at radius 3 is 2.27 bits per heavy atom. The third-order valence-electron chi connectivity index (χ3n) is 1.87. The van der Waals surface area contributed by atoms with Crippen molar-refractivity contribution in [2.75, 3.05) is 11.5 Å². The largest absolute Gasteiger partial charge is 0.156 e. The van der Waals surface area contributed by atoms with Crippen molar-refractivity contribution in [1.29, 1.82) is 0 Å². The molecule has 2 heteroatoms. The molecule has 0 aliphatic heterocycles. The van der Waals surface area contributed by atoms with Crippen molar-refractivity contribution in [3.63, 3.8) is 0 Å². The molecular weight excluding hydrogens is 220 g/mol. The molecule has 0 spiro atoms. The molecule has 0 unspecified atom stereocenters. The maximum atomic E-state index is 2.28. The molecule has 0 bridgehead atoms. The fraction of sp³-hybridized carbons (Fsp3) is 0.538. The highest BCUT2D eigenvalue weighted by molar-refractivity contribution is 8.03. The Kier molecular flexibility index (Phi) is 5.62. The van der Waals surface area contributed by atoms with Crippen LogP contribution in [0.15, 0.2) is 30.3 Å². The summed E-state index contributed by atoms with van der Waals surface area (Å²) < 4.78 is 0.410. The molecule has 0 N–H and O–H groups in total. The molecule has 0 nitrogen and oxygen atoms in total. The van der Waals surface area contributed by atoms with E-state index in [1.807, 2.05) is 23.5 Å². The second-order valence-electron chi connectivity index (χ2n) is 4.50. The van der Waals surface area contributed by atoms with Crippen LogP contribution >= 0.6 is 23.5 Å². The molecule has 0 amide bonds. The molecule has 0 radical (unpaired) electrons. The Balaban J connectivity index is 2.08. The fourth-order valence-corrected chi connectivity index (χ4v) is 3.16. The summed E-state index contributed by atoms with van der Waals surface area (Å²) in [6.07, 6.45) is 0. The first-order chi connectivity index (χ1) is 7.08. The summed E-state index contributed by atoms with van der Waals surface area (Å²) in [4.78, 5) is 0. The van der Waals surface area contributed by atoms with Crippen LogP contribution in [0.2, 0.25) is 0 Å². The maximum absolute atomic E-state index is 2.28. The molecule has 0 saturated carbocycles. The number of rotatable bonds is 5. The Hall–Kier alpha value is -0.0800. The average molecular weight is 240 g/mol. The molecule has 0 aromatic heterocycles. The topological polar surface area (TPSA) is 0 Å². The summed E-state index contributed by atoms with van der Waals surface area (Å²) in [6.45, 7) is 6.83. The van der Waals surface area contributed by atoms with E-state index in [-0.39, 0.29) is 0 Å². The molecule has 1 aromatic rings. The van der Waals surface area contributed by atoms with Gasteiger partial charge in [0.1, 0.15) is 0 Å². The Morgan fingerprint density at radius 1 is 1.00 bits per heavy atom. The van der Waals surface area contributed by atoms with Crippen molar-refractivity contribution in [3.8, 4) is 0 Å². The Bertz CT molecular complexity index is 262. The molecule has 1 aromatic carbocycles. The molecule has 0 aliphatic rings. The summed E-state index contributed by atoms with van der Waals surface area (Å²) in [5.41, 5.74) is 1.43. The maximum Gasteiger partial charge on any atom is 0.0184 e. The van der Waals surface area contributed by atoms with Crippen LogP contribution in [0.5, 0.6) is 0 Å². The predicted molar refractivity (Wildman–Crippen MR) is 74.8 cm³/mol. The molecule has 0 atom stereocenters. The molecule has 0 saturated heterocycles. The standard InChI is InChI=1S/C13H20S2/c1-13(2,3)15-10-9-14-11-12-7-5-4-6-8-12/h4-8H,9-11H2,1-3H3. The average Bonchev–Trinajstić information content (AvgIpc) is 2.17. The summed E-state index contributed by atoms with van der Waals surface area (Å²) in [6, 6.07) is 10.7. The lowest BCUT2D eigenvalue weighted by Crippen LogP contribution is -2.08. The molecule has 0 aliphatic carbocycles. The Labute approximate surface area is 102 Å². The van der Waals surface area contributed by atoms with E-state index in [1.165, 1.54) is 17.1 Å². The number of hydrogen-bond donors (Lipinski definition) is 0. The normalized spacial score (nSPS) is 11.7. The van der Waals surface area contributed by atoms with Crippen LogP contribution in [0.4, 0.5) is 0 Å². The van der Waals surface area contributed by atoms with Crippen molar-refractivity contribution in [2.45, 2.75) is 31.3 Å². The molecule has 0 heterocycles. The number of hydrogen-bond acceptors (Lipinski definition) is 2. The summed E-state index contributed by atoms with van der Waals surface area (Å²) >= 11 is 4.07. The van der Waals surface area contributed by atoms with E-state index in [0.717, 1.165) is 5.75 Å². The van der Waals surface area contributed by atoms with E-state index in [9.17, 15) is 0 Å². The second kappa shape index (κ2) is 6.49. The molecule has 84 valence electrons. The van der Waals surface area contributed by atoms with E-state index in [0.29, 0.717) is 4.75 Å². The summed E-state index contributed by atoms with van der Waals surface area (Å²) in [5, 5.41) is 0. The van der Waals surface area contributed by atoms with Gasteiger partial charge in [-0.25, -0.2) is 0 Å². The monoisotopic (exact) mass is 240 g/mol. The Morgan fingerprint density at radius 2 is 1.67 bits per heavy atom. The quantitative estimate of drug-likeness (QED) is 0.697. The van der Waals surface area contributed by atoms with Crippen molar-refractivity contribution in [1.82, 2.24) is 0 Å². The summed E-state index contributed by atoms with van der Waals surface area (Å²) in [7, 11) is 0. The first kappa shape index (κ1) is 13.0. The van der Waals surface area contributed by atoms with E-state index < -0.39 is 0 Å². The van der Waals surface area contributed by atoms with Gasteiger partial charge in [-0.3, -0.25) is 0 Å². The minimum absolute atomic E-state index is 0.410.